The first kappa shape index (κ1) is 14.4. The van der Waals surface area contributed by atoms with E-state index in [1.54, 1.807) is 0 Å². The lowest BCUT2D eigenvalue weighted by Gasteiger charge is -2.09. The van der Waals surface area contributed by atoms with Crippen molar-refractivity contribution < 1.29 is 13.7 Å². The zero-order chi connectivity index (χ0) is 14.7. The van der Waals surface area contributed by atoms with Crippen LogP contribution in [-0.2, 0) is 6.54 Å². The lowest BCUT2D eigenvalue weighted by atomic mass is 10.2. The second-order valence-corrected chi connectivity index (χ2v) is 4.84. The average Bonchev–Trinajstić information content (AvgIpc) is 2.39. The molecule has 0 amide bonds. The summed E-state index contributed by atoms with van der Waals surface area (Å²) in [5.41, 5.74) is -0.00486. The molecule has 0 saturated carbocycles. The number of halogens is 3. The van der Waals surface area contributed by atoms with Gasteiger partial charge in [-0.2, -0.15) is 4.39 Å². The Labute approximate surface area is 121 Å². The Hall–Kier alpha value is -2.02. The van der Waals surface area contributed by atoms with Crippen LogP contribution in [0.3, 0.4) is 0 Å². The van der Waals surface area contributed by atoms with Gasteiger partial charge in [0, 0.05) is 11.0 Å². The predicted octanol–water partition coefficient (Wildman–Crippen LogP) is 4.25. The molecule has 0 unspecified atom stereocenters. The van der Waals surface area contributed by atoms with E-state index in [0.29, 0.717) is 10.0 Å². The Bertz CT molecular complexity index is 665. The number of para-hydroxylation sites is 1. The largest absolute Gasteiger partial charge is 0.375 e. The zero-order valence-electron chi connectivity index (χ0n) is 10.1. The van der Waals surface area contributed by atoms with Crippen LogP contribution in [0.5, 0.6) is 0 Å². The zero-order valence-corrected chi connectivity index (χ0v) is 11.7. The van der Waals surface area contributed by atoms with Gasteiger partial charge in [-0.25, -0.2) is 4.39 Å². The molecule has 0 saturated heterocycles. The van der Waals surface area contributed by atoms with Gasteiger partial charge in [-0.3, -0.25) is 10.1 Å². The Morgan fingerprint density at radius 1 is 1.25 bits per heavy atom. The number of nitro benzene ring substituents is 1. The summed E-state index contributed by atoms with van der Waals surface area (Å²) in [4.78, 5) is 10.0. The fourth-order valence-corrected chi connectivity index (χ4v) is 2.10. The summed E-state index contributed by atoms with van der Waals surface area (Å²) in [6.07, 6.45) is 0. The van der Waals surface area contributed by atoms with E-state index < -0.39 is 22.2 Å². The topological polar surface area (TPSA) is 55.2 Å². The molecule has 0 aliphatic rings. The van der Waals surface area contributed by atoms with Gasteiger partial charge in [0.25, 0.3) is 0 Å². The third-order valence-corrected chi connectivity index (χ3v) is 3.42. The van der Waals surface area contributed by atoms with Gasteiger partial charge in [-0.15, -0.1) is 0 Å². The number of hydrogen-bond donors (Lipinski definition) is 1. The minimum atomic E-state index is -0.918. The van der Waals surface area contributed by atoms with Crippen LogP contribution in [0.1, 0.15) is 5.56 Å². The highest BCUT2D eigenvalue weighted by Crippen LogP contribution is 2.28. The van der Waals surface area contributed by atoms with Crippen molar-refractivity contribution >= 4 is 27.3 Å². The van der Waals surface area contributed by atoms with Crippen molar-refractivity contribution in [2.45, 2.75) is 6.54 Å². The molecule has 0 aliphatic carbocycles. The highest BCUT2D eigenvalue weighted by Gasteiger charge is 2.19. The predicted molar refractivity (Wildman–Crippen MR) is 74.5 cm³/mol. The molecular formula is C13H9BrF2N2O2. The molecular weight excluding hydrogens is 334 g/mol. The minimum absolute atomic E-state index is 0.0474. The van der Waals surface area contributed by atoms with E-state index in [4.69, 9.17) is 0 Å². The van der Waals surface area contributed by atoms with Crippen LogP contribution in [0.25, 0.3) is 0 Å². The minimum Gasteiger partial charge on any atom is -0.375 e. The molecule has 7 heteroatoms. The van der Waals surface area contributed by atoms with Crippen molar-refractivity contribution in [1.29, 1.82) is 0 Å². The summed E-state index contributed by atoms with van der Waals surface area (Å²) in [6, 6.07) is 7.90. The van der Waals surface area contributed by atoms with Crippen LogP contribution in [0.15, 0.2) is 40.9 Å². The van der Waals surface area contributed by atoms with Crippen LogP contribution < -0.4 is 5.32 Å². The number of nitrogens with zero attached hydrogens (tertiary/aromatic N) is 1. The first-order valence-corrected chi connectivity index (χ1v) is 6.39. The third kappa shape index (κ3) is 3.11. The van der Waals surface area contributed by atoms with Crippen LogP contribution in [0, 0.1) is 21.7 Å². The van der Waals surface area contributed by atoms with Crippen molar-refractivity contribution in [3.63, 3.8) is 0 Å². The van der Waals surface area contributed by atoms with Crippen LogP contribution in [-0.4, -0.2) is 4.92 Å². The van der Waals surface area contributed by atoms with E-state index >= 15 is 0 Å². The number of nitro groups is 1. The number of nitrogens with one attached hydrogen (secondary N) is 1. The molecule has 0 aliphatic heterocycles. The average molecular weight is 343 g/mol. The lowest BCUT2D eigenvalue weighted by molar-refractivity contribution is -0.386. The summed E-state index contributed by atoms with van der Waals surface area (Å²) in [5.74, 6) is -1.34. The number of rotatable bonds is 4. The van der Waals surface area contributed by atoms with Crippen LogP contribution in [0.2, 0.25) is 0 Å². The Balaban J connectivity index is 2.25. The molecule has 0 fully saturated rings. The first-order valence-electron chi connectivity index (χ1n) is 5.59. The summed E-state index contributed by atoms with van der Waals surface area (Å²) < 4.78 is 27.2. The fourth-order valence-electron chi connectivity index (χ4n) is 1.71. The van der Waals surface area contributed by atoms with Gasteiger partial charge >= 0.3 is 5.69 Å². The van der Waals surface area contributed by atoms with Crippen molar-refractivity contribution in [1.82, 2.24) is 0 Å². The van der Waals surface area contributed by atoms with Crippen molar-refractivity contribution in [3.05, 3.63) is 68.2 Å². The highest BCUT2D eigenvalue weighted by molar-refractivity contribution is 9.10. The molecule has 0 atom stereocenters. The van der Waals surface area contributed by atoms with Gasteiger partial charge in [-0.1, -0.05) is 22.0 Å². The molecule has 1 N–H and O–H groups in total. The maximum Gasteiger partial charge on any atom is 0.327 e. The molecule has 20 heavy (non-hydrogen) atoms. The summed E-state index contributed by atoms with van der Waals surface area (Å²) in [7, 11) is 0. The number of anilines is 1. The summed E-state index contributed by atoms with van der Waals surface area (Å²) in [5, 5.41) is 13.6. The van der Waals surface area contributed by atoms with Gasteiger partial charge < -0.3 is 5.32 Å². The van der Waals surface area contributed by atoms with E-state index in [-0.39, 0.29) is 12.2 Å². The van der Waals surface area contributed by atoms with E-state index in [0.717, 1.165) is 6.07 Å². The fraction of sp³-hybridized carbons (Fsp3) is 0.0769. The van der Waals surface area contributed by atoms with E-state index in [9.17, 15) is 18.9 Å². The standard InChI is InChI=1S/C13H9BrF2N2O2/c14-10-5-4-9(15)6-8(10)7-17-12-3-1-2-11(16)13(12)18(19)20/h1-6,17H,7H2. The highest BCUT2D eigenvalue weighted by atomic mass is 79.9. The maximum atomic E-state index is 13.4. The molecule has 0 heterocycles. The molecule has 0 bridgehead atoms. The van der Waals surface area contributed by atoms with Gasteiger partial charge in [0.15, 0.2) is 0 Å². The SMILES string of the molecule is O=[N+]([O-])c1c(F)cccc1NCc1cc(F)ccc1Br. The quantitative estimate of drug-likeness (QED) is 0.667. The Morgan fingerprint density at radius 2 is 2.00 bits per heavy atom. The second-order valence-electron chi connectivity index (χ2n) is 3.98. The molecule has 2 aromatic rings. The van der Waals surface area contributed by atoms with Crippen molar-refractivity contribution in [2.24, 2.45) is 0 Å². The molecule has 4 nitrogen and oxygen atoms in total. The smallest absolute Gasteiger partial charge is 0.327 e. The lowest BCUT2D eigenvalue weighted by Crippen LogP contribution is -2.05. The van der Waals surface area contributed by atoms with Gasteiger partial charge in [-0.05, 0) is 35.9 Å². The normalized spacial score (nSPS) is 10.3. The number of benzene rings is 2. The molecule has 0 aromatic heterocycles. The van der Waals surface area contributed by atoms with Crippen molar-refractivity contribution in [3.8, 4) is 0 Å². The van der Waals surface area contributed by atoms with E-state index in [1.165, 1.54) is 30.3 Å². The van der Waals surface area contributed by atoms with Crippen molar-refractivity contribution in [2.75, 3.05) is 5.32 Å². The summed E-state index contributed by atoms with van der Waals surface area (Å²) >= 11 is 3.25. The van der Waals surface area contributed by atoms with Crippen LogP contribution >= 0.6 is 15.9 Å². The molecule has 104 valence electrons. The van der Waals surface area contributed by atoms with Gasteiger partial charge in [0.1, 0.15) is 11.5 Å². The Morgan fingerprint density at radius 3 is 2.70 bits per heavy atom. The molecule has 0 radical (unpaired) electrons. The molecule has 0 spiro atoms. The van der Waals surface area contributed by atoms with E-state index in [1.807, 2.05) is 0 Å². The molecule has 2 rings (SSSR count). The number of hydrogen-bond acceptors (Lipinski definition) is 3. The second kappa shape index (κ2) is 5.96. The van der Waals surface area contributed by atoms with Gasteiger partial charge in [0.2, 0.25) is 5.82 Å². The van der Waals surface area contributed by atoms with E-state index in [2.05, 4.69) is 21.2 Å². The van der Waals surface area contributed by atoms with Gasteiger partial charge in [0.05, 0.1) is 4.92 Å². The Kier molecular flexibility index (Phi) is 4.29. The monoisotopic (exact) mass is 342 g/mol. The molecule has 2 aromatic carbocycles. The third-order valence-electron chi connectivity index (χ3n) is 2.65. The first-order chi connectivity index (χ1) is 9.49. The van der Waals surface area contributed by atoms with Crippen LogP contribution in [0.4, 0.5) is 20.2 Å². The summed E-state index contributed by atoms with van der Waals surface area (Å²) in [6.45, 7) is 0.128. The maximum absolute atomic E-state index is 13.4.